The van der Waals surface area contributed by atoms with Crippen LogP contribution in [-0.4, -0.2) is 44.2 Å². The van der Waals surface area contributed by atoms with E-state index in [-0.39, 0.29) is 13.2 Å². The Morgan fingerprint density at radius 2 is 1.75 bits per heavy atom. The van der Waals surface area contributed by atoms with Gasteiger partial charge < -0.3 is 24.9 Å². The third-order valence-corrected chi connectivity index (χ3v) is 0.592. The molecular weight excluding hydrogens is 214 g/mol. The van der Waals surface area contributed by atoms with E-state index in [1.807, 2.05) is 0 Å². The Morgan fingerprint density at radius 1 is 1.42 bits per heavy atom. The zero-order chi connectivity index (χ0) is 10.2. The fraction of sp³-hybridized carbons (Fsp3) is 1.00. The molecule has 1 atom stereocenters. The summed E-state index contributed by atoms with van der Waals surface area (Å²) in [7, 11) is -4.64. The number of aliphatic hydroxyl groups is 2. The van der Waals surface area contributed by atoms with Crippen LogP contribution in [0.4, 0.5) is 0 Å². The highest BCUT2D eigenvalue weighted by atomic mass is 35.5. The SMILES string of the molecule is O=P(O)(O)O.OCC(O)COCl. The predicted octanol–water partition coefficient (Wildman–Crippen LogP) is -1.42. The smallest absolute Gasteiger partial charge is 0.394 e. The maximum absolute atomic E-state index is 8.88. The van der Waals surface area contributed by atoms with Gasteiger partial charge in [0.05, 0.1) is 25.1 Å². The van der Waals surface area contributed by atoms with E-state index in [0.717, 1.165) is 0 Å². The zero-order valence-corrected chi connectivity index (χ0v) is 7.52. The summed E-state index contributed by atoms with van der Waals surface area (Å²) in [5, 5.41) is 16.5. The molecule has 0 aliphatic heterocycles. The van der Waals surface area contributed by atoms with E-state index in [9.17, 15) is 0 Å². The number of rotatable bonds is 3. The third-order valence-electron chi connectivity index (χ3n) is 0.466. The second-order valence-electron chi connectivity index (χ2n) is 1.63. The topological polar surface area (TPSA) is 127 Å². The Labute approximate surface area is 73.6 Å². The molecule has 0 amide bonds. The van der Waals surface area contributed by atoms with Gasteiger partial charge in [-0.15, -0.1) is 0 Å². The summed E-state index contributed by atoms with van der Waals surface area (Å²) in [6.45, 7) is -0.342. The van der Waals surface area contributed by atoms with Crippen LogP contribution in [0.15, 0.2) is 0 Å². The van der Waals surface area contributed by atoms with Crippen LogP contribution in [-0.2, 0) is 8.85 Å². The van der Waals surface area contributed by atoms with Crippen LogP contribution in [0.25, 0.3) is 0 Å². The minimum atomic E-state index is -4.64. The summed E-state index contributed by atoms with van der Waals surface area (Å²) in [6, 6.07) is 0. The molecule has 1 unspecified atom stereocenters. The standard InChI is InChI=1S/C3H7ClO3.H3O4P/c4-7-2-3(6)1-5;1-5(2,3)4/h3,5-6H,1-2H2;(H3,1,2,3,4). The Kier molecular flexibility index (Phi) is 9.74. The molecule has 0 aliphatic rings. The van der Waals surface area contributed by atoms with E-state index in [2.05, 4.69) is 4.29 Å². The first-order valence-corrected chi connectivity index (χ1v) is 4.49. The van der Waals surface area contributed by atoms with E-state index >= 15 is 0 Å². The maximum atomic E-state index is 8.88. The van der Waals surface area contributed by atoms with Crippen LogP contribution in [0.2, 0.25) is 0 Å². The number of phosphoric acid groups is 1. The molecule has 0 bridgehead atoms. The van der Waals surface area contributed by atoms with Gasteiger partial charge in [0.2, 0.25) is 0 Å². The molecule has 0 spiro atoms. The molecule has 76 valence electrons. The van der Waals surface area contributed by atoms with Crippen LogP contribution in [0.3, 0.4) is 0 Å². The molecule has 5 N–H and O–H groups in total. The molecule has 12 heavy (non-hydrogen) atoms. The van der Waals surface area contributed by atoms with Crippen LogP contribution in [0.5, 0.6) is 0 Å². The maximum Gasteiger partial charge on any atom is 0.466 e. The molecule has 0 aromatic heterocycles. The summed E-state index contributed by atoms with van der Waals surface area (Å²) in [5.74, 6) is 0. The first-order chi connectivity index (χ1) is 5.31. The number of hydrogen-bond acceptors (Lipinski definition) is 4. The Morgan fingerprint density at radius 3 is 1.83 bits per heavy atom. The predicted molar refractivity (Wildman–Crippen MR) is 39.2 cm³/mol. The third kappa shape index (κ3) is 31.8. The van der Waals surface area contributed by atoms with Crippen molar-refractivity contribution in [1.82, 2.24) is 0 Å². The molecule has 0 rings (SSSR count). The van der Waals surface area contributed by atoms with Crippen molar-refractivity contribution in [1.29, 1.82) is 0 Å². The van der Waals surface area contributed by atoms with Gasteiger partial charge in [-0.25, -0.2) is 4.57 Å². The van der Waals surface area contributed by atoms with Crippen molar-refractivity contribution in [2.75, 3.05) is 13.2 Å². The summed E-state index contributed by atoms with van der Waals surface area (Å²) in [4.78, 5) is 21.6. The molecule has 0 aliphatic carbocycles. The van der Waals surface area contributed by atoms with Gasteiger partial charge in [0.1, 0.15) is 6.10 Å². The number of hydrogen-bond donors (Lipinski definition) is 5. The van der Waals surface area contributed by atoms with Crippen molar-refractivity contribution in [3.63, 3.8) is 0 Å². The highest BCUT2D eigenvalue weighted by Gasteiger charge is 2.00. The van der Waals surface area contributed by atoms with Gasteiger partial charge in [-0.1, -0.05) is 0 Å². The Balaban J connectivity index is 0. The average Bonchev–Trinajstić information content (AvgIpc) is 1.85. The summed E-state index contributed by atoms with van der Waals surface area (Å²) >= 11 is 4.70. The van der Waals surface area contributed by atoms with Crippen molar-refractivity contribution in [2.45, 2.75) is 6.10 Å². The monoisotopic (exact) mass is 224 g/mol. The van der Waals surface area contributed by atoms with Gasteiger partial charge in [0, 0.05) is 0 Å². The molecule has 0 saturated heterocycles. The minimum Gasteiger partial charge on any atom is -0.394 e. The summed E-state index contributed by atoms with van der Waals surface area (Å²) in [6.07, 6.45) is -0.850. The Bertz CT molecular complexity index is 126. The molecule has 0 radical (unpaired) electrons. The second-order valence-corrected chi connectivity index (χ2v) is 2.87. The summed E-state index contributed by atoms with van der Waals surface area (Å²) in [5.41, 5.74) is 0. The molecular formula is C3H10ClO7P. The number of aliphatic hydroxyl groups excluding tert-OH is 2. The van der Waals surface area contributed by atoms with Crippen molar-refractivity contribution >= 4 is 19.7 Å². The molecule has 7 nitrogen and oxygen atoms in total. The number of halogens is 1. The van der Waals surface area contributed by atoms with Gasteiger partial charge in [-0.2, -0.15) is 0 Å². The van der Waals surface area contributed by atoms with Crippen molar-refractivity contribution in [3.8, 4) is 0 Å². The van der Waals surface area contributed by atoms with Gasteiger partial charge in [0.15, 0.2) is 0 Å². The highest BCUT2D eigenvalue weighted by Crippen LogP contribution is 2.25. The molecule has 9 heteroatoms. The zero-order valence-electron chi connectivity index (χ0n) is 5.87. The van der Waals surface area contributed by atoms with Crippen LogP contribution in [0.1, 0.15) is 0 Å². The quantitative estimate of drug-likeness (QED) is 0.372. The van der Waals surface area contributed by atoms with Crippen LogP contribution < -0.4 is 0 Å². The second kappa shape index (κ2) is 7.90. The largest absolute Gasteiger partial charge is 0.466 e. The van der Waals surface area contributed by atoms with E-state index in [1.165, 1.54) is 0 Å². The van der Waals surface area contributed by atoms with Crippen molar-refractivity contribution in [3.05, 3.63) is 0 Å². The van der Waals surface area contributed by atoms with Crippen molar-refractivity contribution < 1.29 is 33.7 Å². The fourth-order valence-corrected chi connectivity index (χ4v) is 0.271. The first kappa shape index (κ1) is 14.8. The molecule has 0 aromatic carbocycles. The van der Waals surface area contributed by atoms with Crippen LogP contribution in [0, 0.1) is 0 Å². The van der Waals surface area contributed by atoms with E-state index in [4.69, 9.17) is 41.3 Å². The lowest BCUT2D eigenvalue weighted by molar-refractivity contribution is 0.0569. The lowest BCUT2D eigenvalue weighted by Crippen LogP contribution is -2.16. The Hall–Kier alpha value is 0.280. The molecule has 0 aromatic rings. The van der Waals surface area contributed by atoms with Gasteiger partial charge >= 0.3 is 7.82 Å². The fourth-order valence-electron chi connectivity index (χ4n) is 0.125. The normalized spacial score (nSPS) is 13.2. The van der Waals surface area contributed by atoms with Gasteiger partial charge in [-0.3, -0.25) is 4.29 Å². The highest BCUT2D eigenvalue weighted by molar-refractivity contribution is 7.45. The van der Waals surface area contributed by atoms with Crippen LogP contribution >= 0.6 is 19.7 Å². The molecule has 0 fully saturated rings. The first-order valence-electron chi connectivity index (χ1n) is 2.62. The average molecular weight is 225 g/mol. The molecule has 0 saturated carbocycles. The van der Waals surface area contributed by atoms with E-state index in [0.29, 0.717) is 0 Å². The van der Waals surface area contributed by atoms with E-state index < -0.39 is 13.9 Å². The minimum absolute atomic E-state index is 0.0297. The lowest BCUT2D eigenvalue weighted by atomic mass is 10.4. The van der Waals surface area contributed by atoms with Gasteiger partial charge in [-0.05, 0) is 0 Å². The van der Waals surface area contributed by atoms with Crippen molar-refractivity contribution in [2.24, 2.45) is 0 Å². The van der Waals surface area contributed by atoms with Gasteiger partial charge in [0.25, 0.3) is 0 Å². The molecule has 0 heterocycles. The summed E-state index contributed by atoms with van der Waals surface area (Å²) < 4.78 is 12.8. The van der Waals surface area contributed by atoms with E-state index in [1.54, 1.807) is 0 Å². The lowest BCUT2D eigenvalue weighted by Gasteiger charge is -1.99.